The molecule has 428 valence electrons. The van der Waals surface area contributed by atoms with Gasteiger partial charge in [-0.3, -0.25) is 9.18 Å². The van der Waals surface area contributed by atoms with Crippen molar-refractivity contribution in [2.24, 2.45) is 0 Å². The van der Waals surface area contributed by atoms with E-state index >= 15 is 0 Å². The molecule has 0 saturated carbocycles. The van der Waals surface area contributed by atoms with E-state index in [1.165, 1.54) is 45.0 Å². The molecule has 32 heteroatoms. The molecule has 4 N–H and O–H groups in total. The Hall–Kier alpha value is -5.75. The van der Waals surface area contributed by atoms with Crippen LogP contribution >= 0.6 is 34.8 Å². The smallest absolute Gasteiger partial charge is 1.00 e. The monoisotopic (exact) mass is 1340 g/mol. The van der Waals surface area contributed by atoms with Crippen molar-refractivity contribution in [3.63, 3.8) is 0 Å². The fraction of sp³-hybridized carbons (Fsp3) is 0.288. The van der Waals surface area contributed by atoms with Crippen LogP contribution in [0, 0.1) is 53.7 Å². The molecule has 0 saturated heterocycles. The third-order valence-corrected chi connectivity index (χ3v) is 10.7. The molecule has 0 aliphatic carbocycles. The summed E-state index contributed by atoms with van der Waals surface area (Å²) in [6, 6.07) is 19.4. The number of hydrogen-bond donors (Lipinski definition) is 4. The van der Waals surface area contributed by atoms with Gasteiger partial charge in [0.05, 0.1) is 65.8 Å². The number of carbonyl (C=O) groups is 4. The van der Waals surface area contributed by atoms with E-state index in [2.05, 4.69) is 34.4 Å². The van der Waals surface area contributed by atoms with E-state index in [0.29, 0.717) is 56.3 Å². The zero-order chi connectivity index (χ0) is 62.4. The number of aliphatic hydroxyl groups excluding tert-OH is 1. The van der Waals surface area contributed by atoms with Crippen LogP contribution in [-0.4, -0.2) is 100 Å². The Labute approximate surface area is 582 Å². The van der Waals surface area contributed by atoms with Gasteiger partial charge in [0.2, 0.25) is 34.7 Å². The van der Waals surface area contributed by atoms with Gasteiger partial charge in [-0.2, -0.15) is 20.8 Å². The minimum absolute atomic E-state index is 0. The quantitative estimate of drug-likeness (QED) is 0.0204. The van der Waals surface area contributed by atoms with Gasteiger partial charge in [0.1, 0.15) is 68.1 Å². The number of pyridine rings is 3. The Morgan fingerprint density at radius 1 is 0.738 bits per heavy atom. The number of alkyl halides is 1. The van der Waals surface area contributed by atoms with E-state index in [1.54, 1.807) is 36.4 Å². The van der Waals surface area contributed by atoms with E-state index < -0.39 is 21.4 Å². The van der Waals surface area contributed by atoms with Crippen LogP contribution in [0.25, 0.3) is 14.5 Å². The van der Waals surface area contributed by atoms with Crippen LogP contribution in [0.5, 0.6) is 29.1 Å². The van der Waals surface area contributed by atoms with Crippen LogP contribution in [0.4, 0.5) is 21.5 Å². The third-order valence-electron chi connectivity index (χ3n) is 9.82. The van der Waals surface area contributed by atoms with Crippen LogP contribution in [0.2, 0.25) is 15.5 Å². The van der Waals surface area contributed by atoms with Gasteiger partial charge in [-0.05, 0) is 105 Å². The molecule has 0 fully saturated rings. The summed E-state index contributed by atoms with van der Waals surface area (Å²) in [4.78, 5) is 64.4. The summed E-state index contributed by atoms with van der Waals surface area (Å²) in [6.07, 6.45) is 2.95. The SMILES string of the molecule is CC(=O)CCCO.O=CO[O-].OB1OCc2cc(O)ccc21.[2H]CF.[C-]#[N+]c1cc(C#N)c(Cl)nc1Cl.[C-]#[N+]c1cc(C#N)c(Cl)nc1OCCCC(C)=O.[C-]#[N+]c1cc(C#N)c(Oc2ccc3c(c2)COB3O)nc1OCCCC(C)=O.[Cs+].[H-].[Na+]. The topological polar surface area (TPSA) is 351 Å². The Morgan fingerprint density at radius 3 is 1.58 bits per heavy atom. The van der Waals surface area contributed by atoms with E-state index in [-0.39, 0.29) is 223 Å². The maximum Gasteiger partial charge on any atom is 1.00 e. The van der Waals surface area contributed by atoms with Crippen LogP contribution < -0.4 is 129 Å². The normalized spacial score (nSPS) is 10.5. The molecular formula is C52H49B2Cl3CsFN9NaO15. The van der Waals surface area contributed by atoms with E-state index in [0.717, 1.165) is 16.6 Å². The van der Waals surface area contributed by atoms with Gasteiger partial charge in [-0.1, -0.05) is 46.9 Å². The van der Waals surface area contributed by atoms with Gasteiger partial charge in [0.25, 0.3) is 6.47 Å². The molecular weight excluding hydrogens is 1290 g/mol. The minimum Gasteiger partial charge on any atom is -1.00 e. The fourth-order valence-corrected chi connectivity index (χ4v) is 6.65. The zero-order valence-corrected chi connectivity index (χ0v) is 56.3. The van der Waals surface area contributed by atoms with Gasteiger partial charge < -0.3 is 69.7 Å². The van der Waals surface area contributed by atoms with Crippen molar-refractivity contribution in [1.29, 1.82) is 15.8 Å². The van der Waals surface area contributed by atoms with Gasteiger partial charge in [-0.25, -0.2) is 24.5 Å². The van der Waals surface area contributed by atoms with Gasteiger partial charge >= 0.3 is 113 Å². The average Bonchev–Trinajstić information content (AvgIpc) is 2.18. The first-order chi connectivity index (χ1) is 39.6. The van der Waals surface area contributed by atoms with Crippen LogP contribution in [-0.2, 0) is 46.6 Å². The number of Topliss-reactive ketones (excluding diaryl/α,β-unsaturated/α-hetero) is 3. The fourth-order valence-electron chi connectivity index (χ4n) is 6.07. The largest absolute Gasteiger partial charge is 1.00 e. The molecule has 0 atom stereocenters. The molecule has 0 radical (unpaired) electrons. The number of halogens is 4. The first-order valence-corrected chi connectivity index (χ1v) is 24.4. The van der Waals surface area contributed by atoms with E-state index in [9.17, 15) is 29.1 Å². The Bertz CT molecular complexity index is 3270. The standard InChI is InChI=1S/C19H16BN3O5.C12H10ClN3O2.C7H7BO3.C7HCl2N3.C5H10O2.CH3F.CH2O3.Cs.Na.H/c1-12(24)4-3-7-26-19-17(22-2)9-13(10-21)18(23-19)28-15-5-6-16-14(8-15)11-27-20(16)25;1-8(17)4-3-5-18-12-10(15-2)6-9(7-14)11(13)16-12;9-6-1-2-7-5(3-6)4-11-8(7)10;1-11-5-2-4(3-10)6(8)12-7(5)9;1-5(7)3-2-4-6;1-2;2-1-4-3;;;/h5-6,8-9,25H,3-4,7,11H2,1H3;6H,3-5H2,1H3;1-3,9-10H,4H2;2H;6H,2-4H2,1H3;1H3;1,3H;;;/q;;;;;;;2*+1;-1/p-1/i;;;;;1D;;;;. The van der Waals surface area contributed by atoms with Crippen molar-refractivity contribution in [1.82, 2.24) is 15.0 Å². The third kappa shape index (κ3) is 29.4. The number of aromatic nitrogens is 3. The first kappa shape index (κ1) is 78.3. The number of carbonyl (C=O) groups excluding carboxylic acids is 4. The van der Waals surface area contributed by atoms with Crippen LogP contribution in [0.15, 0.2) is 54.6 Å². The molecule has 0 bridgehead atoms. The van der Waals surface area contributed by atoms with Gasteiger partial charge in [0.15, 0.2) is 0 Å². The second kappa shape index (κ2) is 45.6. The number of aliphatic hydroxyl groups is 1. The number of nitriles is 3. The predicted octanol–water partition coefficient (Wildman–Crippen LogP) is 1.08. The summed E-state index contributed by atoms with van der Waals surface area (Å²) in [7, 11) is -2.77. The van der Waals surface area contributed by atoms with E-state index in [4.69, 9.17) is 115 Å². The van der Waals surface area contributed by atoms with Gasteiger partial charge in [0, 0.05) is 25.9 Å². The number of phenols is 1. The maximum absolute atomic E-state index is 11.0. The van der Waals surface area contributed by atoms with E-state index in [1.807, 2.05) is 12.1 Å². The van der Waals surface area contributed by atoms with Crippen molar-refractivity contribution in [2.45, 2.75) is 72.5 Å². The summed E-state index contributed by atoms with van der Waals surface area (Å²) in [5, 5.41) is 71.2. The molecule has 0 amide bonds. The number of nitrogens with zero attached hydrogens (tertiary/aromatic N) is 9. The summed E-state index contributed by atoms with van der Waals surface area (Å²) < 4.78 is 42.1. The number of hydrogen-bond acceptors (Lipinski definition) is 21. The molecule has 84 heavy (non-hydrogen) atoms. The Kier molecular flexibility index (Phi) is 42.5. The van der Waals surface area contributed by atoms with Gasteiger partial charge in [-0.15, -0.1) is 0 Å². The number of aromatic hydroxyl groups is 1. The molecule has 3 aromatic heterocycles. The number of ether oxygens (including phenoxy) is 3. The second-order valence-electron chi connectivity index (χ2n) is 15.8. The number of benzene rings is 2. The van der Waals surface area contributed by atoms with Crippen molar-refractivity contribution >= 4 is 101 Å². The second-order valence-corrected chi connectivity index (χ2v) is 16.9. The number of ketones is 3. The van der Waals surface area contributed by atoms with Crippen LogP contribution in [0.1, 0.15) is 89.9 Å². The molecule has 7 rings (SSSR count). The first-order valence-electron chi connectivity index (χ1n) is 23.9. The van der Waals surface area contributed by atoms with Crippen molar-refractivity contribution in [3.8, 4) is 47.3 Å². The molecule has 0 spiro atoms. The summed E-state index contributed by atoms with van der Waals surface area (Å²) in [6.45, 7) is 26.5. The molecule has 2 aliphatic heterocycles. The molecule has 2 aliphatic rings. The minimum atomic E-state index is -1.00. The predicted molar refractivity (Wildman–Crippen MR) is 293 cm³/mol. The Balaban J connectivity index is -0.00000103. The molecule has 24 nitrogen and oxygen atoms in total. The summed E-state index contributed by atoms with van der Waals surface area (Å²) >= 11 is 16.8. The number of fused-ring (bicyclic) bond motifs is 2. The van der Waals surface area contributed by atoms with Crippen molar-refractivity contribution in [2.75, 3.05) is 27.0 Å². The number of rotatable bonds is 16. The summed E-state index contributed by atoms with van der Waals surface area (Å²) in [5.74, 6) is 1.06. The summed E-state index contributed by atoms with van der Waals surface area (Å²) in [5.41, 5.74) is 3.82. The van der Waals surface area contributed by atoms with Crippen molar-refractivity contribution in [3.05, 3.63) is 132 Å². The molecule has 2 aromatic carbocycles. The average molecular weight is 1340 g/mol. The molecule has 5 heterocycles. The Morgan fingerprint density at radius 2 is 1.15 bits per heavy atom. The van der Waals surface area contributed by atoms with Crippen LogP contribution in [0.3, 0.4) is 0 Å². The number of phenolic OH excluding ortho intramolecular Hbond substituents is 1. The maximum atomic E-state index is 11.0. The molecule has 5 aromatic rings. The van der Waals surface area contributed by atoms with Crippen molar-refractivity contribution < 1.29 is 179 Å². The molecule has 0 unspecified atom stereocenters. The zero-order valence-electron chi connectivity index (χ0n) is 47.7.